The molecule has 180 valence electrons. The molecule has 0 fully saturated rings. The molecule has 0 rings (SSSR count). The first-order chi connectivity index (χ1) is 14.4. The Morgan fingerprint density at radius 3 is 1.87 bits per heavy atom. The molecular formula is C20H38N4O6S. The van der Waals surface area contributed by atoms with Gasteiger partial charge in [-0.05, 0) is 37.2 Å². The summed E-state index contributed by atoms with van der Waals surface area (Å²) in [5.41, 5.74) is 5.80. The first-order valence-electron chi connectivity index (χ1n) is 10.4. The second kappa shape index (κ2) is 14.3. The molecule has 0 aromatic rings. The average molecular weight is 463 g/mol. The first kappa shape index (κ1) is 29.1. The molecule has 6 unspecified atom stereocenters. The third-order valence-electron chi connectivity index (χ3n) is 5.10. The molecule has 0 bridgehead atoms. The van der Waals surface area contributed by atoms with Gasteiger partial charge in [-0.2, -0.15) is 11.8 Å². The topological polar surface area (TPSA) is 171 Å². The van der Waals surface area contributed by atoms with Crippen molar-refractivity contribution in [2.24, 2.45) is 17.6 Å². The number of aliphatic hydroxyl groups is 1. The standard InChI is InChI=1S/C20H38N4O6S/c1-7-11(4)15(18(27)22-13(20(29)30)8-9-31-6)23-19(28)16(12(5)25)24-17(26)14(21)10(2)3/h10-16,25H,7-9,21H2,1-6H3,(H,22,27)(H,23,28)(H,24,26)(H,29,30). The SMILES string of the molecule is CCC(C)C(NC(=O)C(NC(=O)C(N)C(C)C)C(C)O)C(=O)NC(CCSC)C(=O)O. The van der Waals surface area contributed by atoms with Crippen LogP contribution >= 0.6 is 11.8 Å². The van der Waals surface area contributed by atoms with Gasteiger partial charge in [-0.15, -0.1) is 0 Å². The Labute approximate surface area is 188 Å². The van der Waals surface area contributed by atoms with E-state index in [1.165, 1.54) is 18.7 Å². The number of carbonyl (C=O) groups is 4. The van der Waals surface area contributed by atoms with Gasteiger partial charge < -0.3 is 31.9 Å². The summed E-state index contributed by atoms with van der Waals surface area (Å²) in [6, 6.07) is -4.30. The summed E-state index contributed by atoms with van der Waals surface area (Å²) in [5, 5.41) is 26.8. The van der Waals surface area contributed by atoms with Crippen LogP contribution in [0.25, 0.3) is 0 Å². The number of amides is 3. The Hall–Kier alpha value is -1.85. The minimum absolute atomic E-state index is 0.175. The zero-order valence-electron chi connectivity index (χ0n) is 19.2. The number of rotatable bonds is 14. The maximum Gasteiger partial charge on any atom is 0.326 e. The summed E-state index contributed by atoms with van der Waals surface area (Å²) in [5.74, 6) is -3.09. The molecule has 0 aliphatic rings. The summed E-state index contributed by atoms with van der Waals surface area (Å²) in [4.78, 5) is 49.3. The van der Waals surface area contributed by atoms with Crippen molar-refractivity contribution in [3.05, 3.63) is 0 Å². The van der Waals surface area contributed by atoms with Crippen molar-refractivity contribution < 1.29 is 29.4 Å². The number of nitrogens with one attached hydrogen (secondary N) is 3. The molecule has 0 saturated carbocycles. The maximum absolute atomic E-state index is 12.8. The molecule has 0 spiro atoms. The highest BCUT2D eigenvalue weighted by Gasteiger charge is 2.34. The predicted molar refractivity (Wildman–Crippen MR) is 120 cm³/mol. The molecule has 0 aromatic carbocycles. The molecule has 0 aliphatic carbocycles. The van der Waals surface area contributed by atoms with Gasteiger partial charge in [-0.25, -0.2) is 4.79 Å². The zero-order chi connectivity index (χ0) is 24.3. The summed E-state index contributed by atoms with van der Waals surface area (Å²) in [7, 11) is 0. The van der Waals surface area contributed by atoms with Crippen LogP contribution in [0.15, 0.2) is 0 Å². The monoisotopic (exact) mass is 462 g/mol. The van der Waals surface area contributed by atoms with Gasteiger partial charge >= 0.3 is 5.97 Å². The van der Waals surface area contributed by atoms with Crippen LogP contribution in [0.2, 0.25) is 0 Å². The van der Waals surface area contributed by atoms with Crippen LogP contribution in [0.1, 0.15) is 47.5 Å². The maximum atomic E-state index is 12.8. The molecule has 0 heterocycles. The molecule has 11 heteroatoms. The molecule has 6 atom stereocenters. The fraction of sp³-hybridized carbons (Fsp3) is 0.800. The van der Waals surface area contributed by atoms with Gasteiger partial charge in [0.1, 0.15) is 18.1 Å². The Balaban J connectivity index is 5.46. The molecule has 0 saturated heterocycles. The lowest BCUT2D eigenvalue weighted by molar-refractivity contribution is -0.142. The van der Waals surface area contributed by atoms with Crippen LogP contribution in [0.5, 0.6) is 0 Å². The third-order valence-corrected chi connectivity index (χ3v) is 5.75. The fourth-order valence-corrected chi connectivity index (χ4v) is 3.13. The first-order valence-corrected chi connectivity index (χ1v) is 11.8. The van der Waals surface area contributed by atoms with Crippen LogP contribution in [-0.4, -0.2) is 76.2 Å². The molecule has 3 amide bonds. The number of nitrogens with two attached hydrogens (primary N) is 1. The van der Waals surface area contributed by atoms with Gasteiger partial charge in [0.15, 0.2) is 0 Å². The van der Waals surface area contributed by atoms with Crippen LogP contribution in [0, 0.1) is 11.8 Å². The van der Waals surface area contributed by atoms with Crippen molar-refractivity contribution in [2.75, 3.05) is 12.0 Å². The second-order valence-corrected chi connectivity index (χ2v) is 9.03. The number of carboxylic acid groups (broad SMARTS) is 1. The normalized spacial score (nSPS) is 17.1. The molecule has 10 nitrogen and oxygen atoms in total. The largest absolute Gasteiger partial charge is 0.480 e. The minimum atomic E-state index is -1.32. The number of hydrogen-bond donors (Lipinski definition) is 6. The Morgan fingerprint density at radius 2 is 1.45 bits per heavy atom. The van der Waals surface area contributed by atoms with Gasteiger partial charge in [0, 0.05) is 0 Å². The number of aliphatic hydroxyl groups excluding tert-OH is 1. The number of carboxylic acids is 1. The highest BCUT2D eigenvalue weighted by Crippen LogP contribution is 2.11. The van der Waals surface area contributed by atoms with E-state index in [2.05, 4.69) is 16.0 Å². The number of aliphatic carboxylic acids is 1. The van der Waals surface area contributed by atoms with Gasteiger partial charge in [0.2, 0.25) is 17.7 Å². The second-order valence-electron chi connectivity index (χ2n) is 8.05. The molecule has 31 heavy (non-hydrogen) atoms. The lowest BCUT2D eigenvalue weighted by atomic mass is 9.97. The molecule has 7 N–H and O–H groups in total. The summed E-state index contributed by atoms with van der Waals surface area (Å²) >= 11 is 1.46. The van der Waals surface area contributed by atoms with Crippen LogP contribution in [-0.2, 0) is 19.2 Å². The molecule has 0 aliphatic heterocycles. The number of thioether (sulfide) groups is 1. The van der Waals surface area contributed by atoms with E-state index in [-0.39, 0.29) is 18.3 Å². The van der Waals surface area contributed by atoms with Crippen LogP contribution in [0.4, 0.5) is 0 Å². The van der Waals surface area contributed by atoms with E-state index in [1.54, 1.807) is 20.8 Å². The summed E-state index contributed by atoms with van der Waals surface area (Å²) in [6.07, 6.45) is 1.36. The fourth-order valence-electron chi connectivity index (χ4n) is 2.66. The van der Waals surface area contributed by atoms with Crippen LogP contribution in [0.3, 0.4) is 0 Å². The highest BCUT2D eigenvalue weighted by atomic mass is 32.2. The van der Waals surface area contributed by atoms with Gasteiger partial charge in [-0.1, -0.05) is 34.1 Å². The Kier molecular flexibility index (Phi) is 13.4. The van der Waals surface area contributed by atoms with E-state index in [0.29, 0.717) is 12.2 Å². The van der Waals surface area contributed by atoms with E-state index < -0.39 is 54.0 Å². The van der Waals surface area contributed by atoms with E-state index >= 15 is 0 Å². The van der Waals surface area contributed by atoms with Crippen molar-refractivity contribution in [1.82, 2.24) is 16.0 Å². The molecular weight excluding hydrogens is 424 g/mol. The third kappa shape index (κ3) is 9.88. The van der Waals surface area contributed by atoms with E-state index in [4.69, 9.17) is 5.73 Å². The zero-order valence-corrected chi connectivity index (χ0v) is 20.0. The lowest BCUT2D eigenvalue weighted by Crippen LogP contribution is -2.61. The van der Waals surface area contributed by atoms with E-state index in [0.717, 1.165) is 0 Å². The summed E-state index contributed by atoms with van der Waals surface area (Å²) in [6.45, 7) is 8.41. The van der Waals surface area contributed by atoms with E-state index in [9.17, 15) is 29.4 Å². The van der Waals surface area contributed by atoms with Gasteiger partial charge in [-0.3, -0.25) is 14.4 Å². The highest BCUT2D eigenvalue weighted by molar-refractivity contribution is 7.98. The van der Waals surface area contributed by atoms with Crippen molar-refractivity contribution in [3.8, 4) is 0 Å². The van der Waals surface area contributed by atoms with Crippen LogP contribution < -0.4 is 21.7 Å². The quantitative estimate of drug-likeness (QED) is 0.204. The molecule has 0 aromatic heterocycles. The smallest absolute Gasteiger partial charge is 0.326 e. The lowest BCUT2D eigenvalue weighted by Gasteiger charge is -2.29. The number of carbonyl (C=O) groups excluding carboxylic acids is 3. The minimum Gasteiger partial charge on any atom is -0.480 e. The van der Waals surface area contributed by atoms with Crippen molar-refractivity contribution >= 4 is 35.5 Å². The van der Waals surface area contributed by atoms with E-state index in [1.807, 2.05) is 13.2 Å². The average Bonchev–Trinajstić information content (AvgIpc) is 2.70. The Morgan fingerprint density at radius 1 is 0.935 bits per heavy atom. The van der Waals surface area contributed by atoms with Crippen molar-refractivity contribution in [2.45, 2.75) is 77.7 Å². The van der Waals surface area contributed by atoms with Crippen molar-refractivity contribution in [1.29, 1.82) is 0 Å². The van der Waals surface area contributed by atoms with Crippen molar-refractivity contribution in [3.63, 3.8) is 0 Å². The number of hydrogen-bond acceptors (Lipinski definition) is 7. The molecule has 0 radical (unpaired) electrons. The summed E-state index contributed by atoms with van der Waals surface area (Å²) < 4.78 is 0. The van der Waals surface area contributed by atoms with Gasteiger partial charge in [0.25, 0.3) is 0 Å². The predicted octanol–water partition coefficient (Wildman–Crippen LogP) is -0.311. The Bertz CT molecular complexity index is 616. The van der Waals surface area contributed by atoms with Gasteiger partial charge in [0.05, 0.1) is 12.1 Å².